The largest absolute Gasteiger partial charge is 0.479 e. The predicted molar refractivity (Wildman–Crippen MR) is 312 cm³/mol. The van der Waals surface area contributed by atoms with Gasteiger partial charge in [0.05, 0.1) is 6.61 Å². The molecule has 0 saturated carbocycles. The van der Waals surface area contributed by atoms with Gasteiger partial charge < -0.3 is 39.0 Å². The highest BCUT2D eigenvalue weighted by Gasteiger charge is 2.50. The molecule has 0 amide bonds. The number of rotatable bonds is 53. The molecule has 444 valence electrons. The van der Waals surface area contributed by atoms with Gasteiger partial charge >= 0.3 is 23.9 Å². The second kappa shape index (κ2) is 53.1. The summed E-state index contributed by atoms with van der Waals surface area (Å²) in [4.78, 5) is 51.2. The molecule has 1 rings (SSSR count). The van der Waals surface area contributed by atoms with Crippen molar-refractivity contribution in [3.63, 3.8) is 0 Å². The van der Waals surface area contributed by atoms with Gasteiger partial charge in [0.25, 0.3) is 0 Å². The van der Waals surface area contributed by atoms with Crippen molar-refractivity contribution in [2.24, 2.45) is 0 Å². The lowest BCUT2D eigenvalue weighted by atomic mass is 9.98. The van der Waals surface area contributed by atoms with Crippen LogP contribution < -0.4 is 0 Å². The van der Waals surface area contributed by atoms with Crippen LogP contribution in [0.25, 0.3) is 0 Å². The first-order chi connectivity index (χ1) is 37.6. The van der Waals surface area contributed by atoms with Crippen molar-refractivity contribution in [3.8, 4) is 0 Å². The Morgan fingerprint density at radius 1 is 0.442 bits per heavy atom. The summed E-state index contributed by atoms with van der Waals surface area (Å²) in [6, 6.07) is 0. The van der Waals surface area contributed by atoms with Crippen molar-refractivity contribution in [3.05, 3.63) is 60.8 Å². The minimum absolute atomic E-state index is 0.0540. The van der Waals surface area contributed by atoms with Crippen molar-refractivity contribution < 1.29 is 58.2 Å². The van der Waals surface area contributed by atoms with Crippen molar-refractivity contribution in [2.75, 3.05) is 13.2 Å². The van der Waals surface area contributed by atoms with Crippen LogP contribution in [0.4, 0.5) is 0 Å². The first kappa shape index (κ1) is 71.4. The van der Waals surface area contributed by atoms with Gasteiger partial charge in [-0.05, 0) is 103 Å². The molecule has 1 aliphatic rings. The summed E-state index contributed by atoms with van der Waals surface area (Å²) in [5.74, 6) is -3.13. The molecule has 0 aromatic heterocycles. The number of carboxylic acid groups (broad SMARTS) is 1. The summed E-state index contributed by atoms with van der Waals surface area (Å²) < 4.78 is 28.5. The van der Waals surface area contributed by atoms with Gasteiger partial charge in [0.1, 0.15) is 18.8 Å². The summed E-state index contributed by atoms with van der Waals surface area (Å²) in [6.45, 7) is 5.87. The Morgan fingerprint density at radius 3 is 1.27 bits per heavy atom. The van der Waals surface area contributed by atoms with E-state index >= 15 is 0 Å². The molecule has 0 aromatic carbocycles. The maximum Gasteiger partial charge on any atom is 0.335 e. The van der Waals surface area contributed by atoms with Gasteiger partial charge in [-0.2, -0.15) is 0 Å². The number of carbonyl (C=O) groups excluding carboxylic acids is 3. The summed E-state index contributed by atoms with van der Waals surface area (Å²) in [5, 5.41) is 31.5. The topological polar surface area (TPSA) is 175 Å². The van der Waals surface area contributed by atoms with Crippen molar-refractivity contribution in [1.82, 2.24) is 0 Å². The lowest BCUT2D eigenvalue weighted by Gasteiger charge is -2.40. The second-order valence-corrected chi connectivity index (χ2v) is 21.3. The number of aliphatic carboxylic acids is 1. The highest BCUT2D eigenvalue weighted by molar-refractivity contribution is 5.74. The molecule has 0 radical (unpaired) electrons. The third-order valence-electron chi connectivity index (χ3n) is 14.0. The fourth-order valence-electron chi connectivity index (χ4n) is 9.25. The van der Waals surface area contributed by atoms with E-state index in [9.17, 15) is 34.5 Å². The standard InChI is InChI=1S/C65H112O12/c1-4-7-10-13-16-19-22-25-27-29-31-34-36-39-42-45-48-51-57(66)73-54-56(75-58(67)52-49-46-43-40-37-33-24-21-18-15-12-9-6-3)55-74-65-63(61(70)60(69)62(77-65)64(71)72)76-59(68)53-50-47-44-41-38-35-32-30-28-26-23-20-17-14-11-8-5-2/h7,10,16,19,21,24-28,56,60-63,65,69-70H,4-6,8-9,11-15,17-18,20,22-23,29-55H2,1-3H3,(H,71,72)/b10-7-,19-16-,24-21-,27-25-,28-26-. The quantitative estimate of drug-likeness (QED) is 0.0228. The van der Waals surface area contributed by atoms with E-state index in [1.807, 2.05) is 0 Å². The number of unbranched alkanes of at least 4 members (excludes halogenated alkanes) is 29. The molecule has 1 saturated heterocycles. The molecule has 3 N–H and O–H groups in total. The van der Waals surface area contributed by atoms with Crippen molar-refractivity contribution in [2.45, 2.75) is 314 Å². The van der Waals surface area contributed by atoms with Gasteiger partial charge in [-0.3, -0.25) is 14.4 Å². The molecule has 6 unspecified atom stereocenters. The van der Waals surface area contributed by atoms with Gasteiger partial charge in [-0.15, -0.1) is 0 Å². The van der Waals surface area contributed by atoms with E-state index in [0.717, 1.165) is 122 Å². The summed E-state index contributed by atoms with van der Waals surface area (Å²) in [6.07, 6.45) is 53.2. The van der Waals surface area contributed by atoms with Crippen LogP contribution in [0.5, 0.6) is 0 Å². The Morgan fingerprint density at radius 2 is 0.818 bits per heavy atom. The Hall–Kier alpha value is -3.58. The number of allylic oxidation sites excluding steroid dienone is 10. The third-order valence-corrected chi connectivity index (χ3v) is 14.0. The number of carboxylic acids is 1. The summed E-state index contributed by atoms with van der Waals surface area (Å²) >= 11 is 0. The summed E-state index contributed by atoms with van der Waals surface area (Å²) in [7, 11) is 0. The van der Waals surface area contributed by atoms with E-state index in [1.54, 1.807) is 0 Å². The SMILES string of the molecule is CC/C=C\C/C=C\C/C=C\CCCCCCCCCC(=O)OCC(COC1OC(C(=O)O)C(O)C(O)C1OC(=O)CCCCCCCCC/C=C\CCCCCCCC)OC(=O)CCCCCCC/C=C\CCCCCC. The molecular weight excluding hydrogens is 973 g/mol. The van der Waals surface area contributed by atoms with Gasteiger partial charge in [0.15, 0.2) is 24.6 Å². The zero-order valence-corrected chi connectivity index (χ0v) is 49.0. The number of hydrogen-bond donors (Lipinski definition) is 3. The maximum absolute atomic E-state index is 13.1. The fraction of sp³-hybridized carbons (Fsp3) is 0.785. The van der Waals surface area contributed by atoms with Gasteiger partial charge in [0, 0.05) is 19.3 Å². The van der Waals surface area contributed by atoms with Crippen molar-refractivity contribution in [1.29, 1.82) is 0 Å². The lowest BCUT2D eigenvalue weighted by molar-refractivity contribution is -0.301. The molecule has 77 heavy (non-hydrogen) atoms. The first-order valence-electron chi connectivity index (χ1n) is 31.3. The molecule has 0 aromatic rings. The number of hydrogen-bond acceptors (Lipinski definition) is 11. The zero-order chi connectivity index (χ0) is 56.1. The molecule has 12 heteroatoms. The van der Waals surface area contributed by atoms with E-state index in [4.69, 9.17) is 23.7 Å². The minimum atomic E-state index is -1.91. The number of aliphatic hydroxyl groups is 2. The summed E-state index contributed by atoms with van der Waals surface area (Å²) in [5.41, 5.74) is 0. The molecular formula is C65H112O12. The predicted octanol–water partition coefficient (Wildman–Crippen LogP) is 16.3. The van der Waals surface area contributed by atoms with E-state index < -0.39 is 67.3 Å². The molecule has 1 fully saturated rings. The van der Waals surface area contributed by atoms with Crippen LogP contribution in [0.15, 0.2) is 60.8 Å². The maximum atomic E-state index is 13.1. The highest BCUT2D eigenvalue weighted by Crippen LogP contribution is 2.26. The monoisotopic (exact) mass is 1080 g/mol. The first-order valence-corrected chi connectivity index (χ1v) is 31.3. The molecule has 0 bridgehead atoms. The lowest BCUT2D eigenvalue weighted by Crippen LogP contribution is -2.61. The van der Waals surface area contributed by atoms with Crippen LogP contribution in [0.1, 0.15) is 278 Å². The van der Waals surface area contributed by atoms with Crippen molar-refractivity contribution >= 4 is 23.9 Å². The zero-order valence-electron chi connectivity index (χ0n) is 49.0. The highest BCUT2D eigenvalue weighted by atomic mass is 16.7. The third kappa shape index (κ3) is 43.0. The van der Waals surface area contributed by atoms with Crippen LogP contribution >= 0.6 is 0 Å². The van der Waals surface area contributed by atoms with E-state index in [0.29, 0.717) is 19.3 Å². The van der Waals surface area contributed by atoms with E-state index in [1.165, 1.54) is 96.3 Å². The fourth-order valence-corrected chi connectivity index (χ4v) is 9.25. The Bertz CT molecular complexity index is 1570. The number of carbonyl (C=O) groups is 4. The molecule has 0 aliphatic carbocycles. The van der Waals surface area contributed by atoms with Crippen LogP contribution in [0.2, 0.25) is 0 Å². The average Bonchev–Trinajstić information content (AvgIpc) is 3.42. The van der Waals surface area contributed by atoms with Gasteiger partial charge in [0.2, 0.25) is 0 Å². The Kier molecular flexibility index (Phi) is 49.2. The molecule has 6 atom stereocenters. The number of aliphatic hydroxyl groups excluding tert-OH is 2. The van der Waals surface area contributed by atoms with Gasteiger partial charge in [-0.25, -0.2) is 4.79 Å². The Labute approximate surface area is 468 Å². The van der Waals surface area contributed by atoms with Crippen LogP contribution in [0.3, 0.4) is 0 Å². The normalized spacial score (nSPS) is 18.4. The number of ether oxygens (including phenoxy) is 5. The minimum Gasteiger partial charge on any atom is -0.479 e. The molecule has 12 nitrogen and oxygen atoms in total. The number of esters is 3. The van der Waals surface area contributed by atoms with Crippen LogP contribution in [0, 0.1) is 0 Å². The second-order valence-electron chi connectivity index (χ2n) is 21.3. The van der Waals surface area contributed by atoms with E-state index in [-0.39, 0.29) is 25.9 Å². The molecule has 0 spiro atoms. The average molecular weight is 1090 g/mol. The van der Waals surface area contributed by atoms with Crippen LogP contribution in [-0.2, 0) is 42.9 Å². The van der Waals surface area contributed by atoms with Gasteiger partial charge in [-0.1, -0.05) is 216 Å². The molecule has 1 aliphatic heterocycles. The Balaban J connectivity index is 2.67. The van der Waals surface area contributed by atoms with Crippen LogP contribution in [-0.4, -0.2) is 89.2 Å². The molecule has 1 heterocycles. The van der Waals surface area contributed by atoms with E-state index in [2.05, 4.69) is 81.5 Å². The smallest absolute Gasteiger partial charge is 0.335 e.